The van der Waals surface area contributed by atoms with Gasteiger partial charge in [-0.2, -0.15) is 0 Å². The van der Waals surface area contributed by atoms with Gasteiger partial charge >= 0.3 is 0 Å². The second kappa shape index (κ2) is 12.6. The van der Waals surface area contributed by atoms with Crippen LogP contribution in [0.3, 0.4) is 0 Å². The van der Waals surface area contributed by atoms with Gasteiger partial charge in [-0.15, -0.1) is 0 Å². The van der Waals surface area contributed by atoms with Gasteiger partial charge in [-0.25, -0.2) is 27.2 Å². The Morgan fingerprint density at radius 2 is 1.70 bits per heavy atom. The predicted octanol–water partition coefficient (Wildman–Crippen LogP) is 5.96. The molecular weight excluding hydrogens is 628 g/mol. The van der Waals surface area contributed by atoms with E-state index in [2.05, 4.69) is 25.3 Å². The van der Waals surface area contributed by atoms with Crippen LogP contribution in [0, 0.1) is 5.82 Å². The molecule has 0 aliphatic heterocycles. The molecule has 13 heteroatoms. The van der Waals surface area contributed by atoms with E-state index >= 15 is 0 Å². The monoisotopic (exact) mass is 659 g/mol. The Morgan fingerprint density at radius 3 is 2.36 bits per heavy atom. The third-order valence-corrected chi connectivity index (χ3v) is 9.53. The Hall–Kier alpha value is -5.17. The number of amides is 2. The van der Waals surface area contributed by atoms with Crippen LogP contribution in [0.15, 0.2) is 83.5 Å². The molecule has 1 fully saturated rings. The second-order valence-corrected chi connectivity index (χ2v) is 13.2. The zero-order valence-electron chi connectivity index (χ0n) is 25.5. The average Bonchev–Trinajstić information content (AvgIpc) is 3.42. The third kappa shape index (κ3) is 6.30. The number of hydrogen-bond acceptors (Lipinski definition) is 7. The molecule has 0 spiro atoms. The van der Waals surface area contributed by atoms with Gasteiger partial charge in [-0.3, -0.25) is 14.3 Å². The number of nitrogens with zero attached hydrogens (tertiary/aromatic N) is 2. The third-order valence-electron chi connectivity index (χ3n) is 8.05. The van der Waals surface area contributed by atoms with E-state index in [1.165, 1.54) is 49.8 Å². The van der Waals surface area contributed by atoms with Gasteiger partial charge < -0.3 is 15.1 Å². The van der Waals surface area contributed by atoms with Crippen molar-refractivity contribution < 1.29 is 31.2 Å². The number of halogens is 2. The summed E-state index contributed by atoms with van der Waals surface area (Å²) in [6.07, 6.45) is 2.38. The molecule has 10 nitrogen and oxygen atoms in total. The van der Waals surface area contributed by atoms with Crippen LogP contribution in [0.25, 0.3) is 33.4 Å². The Labute approximate surface area is 269 Å². The fourth-order valence-corrected chi connectivity index (χ4v) is 6.95. The molecule has 0 bridgehead atoms. The minimum atomic E-state index is -3.79. The molecule has 0 radical (unpaired) electrons. The Bertz CT molecular complexity index is 2080. The Morgan fingerprint density at radius 1 is 0.979 bits per heavy atom. The maximum Gasteiger partial charge on any atom is 0.255 e. The zero-order valence-corrected chi connectivity index (χ0v) is 26.3. The number of furan rings is 1. The van der Waals surface area contributed by atoms with Gasteiger partial charge in [0.1, 0.15) is 28.9 Å². The molecule has 3 N–H and O–H groups in total. The van der Waals surface area contributed by atoms with E-state index in [1.807, 2.05) is 0 Å². The van der Waals surface area contributed by atoms with E-state index in [1.54, 1.807) is 43.3 Å². The largest absolute Gasteiger partial charge is 0.455 e. The number of anilines is 1. The molecule has 242 valence electrons. The number of fused-ring (bicyclic) bond motifs is 1. The molecule has 1 aliphatic carbocycles. The number of sulfonamides is 1. The number of nitrogens with one attached hydrogen (secondary N) is 3. The molecule has 1 saturated carbocycles. The van der Waals surface area contributed by atoms with Crippen molar-refractivity contribution in [3.63, 3.8) is 0 Å². The van der Waals surface area contributed by atoms with E-state index in [0.717, 1.165) is 0 Å². The molecule has 0 saturated heterocycles. The van der Waals surface area contributed by atoms with Crippen LogP contribution < -0.4 is 15.4 Å². The number of benzene rings is 3. The number of hydrogen-bond donors (Lipinski definition) is 3. The molecular formula is C34H31F2N5O5S. The fraction of sp³-hybridized carbons (Fsp3) is 0.235. The number of alkyl halides is 1. The molecule has 0 atom stereocenters. The smallest absolute Gasteiger partial charge is 0.255 e. The topological polar surface area (TPSA) is 143 Å². The first-order chi connectivity index (χ1) is 22.5. The minimum absolute atomic E-state index is 0.0294. The van der Waals surface area contributed by atoms with Crippen LogP contribution in [0.5, 0.6) is 0 Å². The highest BCUT2D eigenvalue weighted by molar-refractivity contribution is 7.92. The first-order valence-corrected chi connectivity index (χ1v) is 16.6. The standard InChI is InChI=1S/C34H31F2N5O5S/c1-3-14-47(44,45)41-27-17-28-26(29(32(43)37-2)30(46-28)20-8-10-23(35)11-9-20)16-25(27)21-6-4-7-22(15-21)31(42)40-34(18-24(36)19-34)33-38-12-5-13-39-33/h4-13,15-17,24,41H,3,14,18-19H2,1-2H3,(H,37,43)(H,40,42). The van der Waals surface area contributed by atoms with Gasteiger partial charge in [0.25, 0.3) is 11.8 Å². The number of aromatic nitrogens is 2. The summed E-state index contributed by atoms with van der Waals surface area (Å²) in [5.41, 5.74) is 0.988. The number of rotatable bonds is 10. The van der Waals surface area contributed by atoms with E-state index in [9.17, 15) is 26.8 Å². The molecule has 2 aromatic heterocycles. The van der Waals surface area contributed by atoms with E-state index in [-0.39, 0.29) is 46.8 Å². The minimum Gasteiger partial charge on any atom is -0.455 e. The molecule has 6 rings (SSSR count). The van der Waals surface area contributed by atoms with Crippen molar-refractivity contribution in [2.75, 3.05) is 17.5 Å². The molecule has 3 aromatic carbocycles. The molecule has 5 aromatic rings. The van der Waals surface area contributed by atoms with Crippen molar-refractivity contribution >= 4 is 38.5 Å². The Balaban J connectivity index is 1.47. The summed E-state index contributed by atoms with van der Waals surface area (Å²) in [6, 6.07) is 16.7. The van der Waals surface area contributed by atoms with Crippen LogP contribution in [0.2, 0.25) is 0 Å². The van der Waals surface area contributed by atoms with Gasteiger partial charge in [0.05, 0.1) is 17.0 Å². The highest BCUT2D eigenvalue weighted by Crippen LogP contribution is 2.43. The van der Waals surface area contributed by atoms with Crippen LogP contribution >= 0.6 is 0 Å². The van der Waals surface area contributed by atoms with Crippen LogP contribution in [0.4, 0.5) is 14.5 Å². The van der Waals surface area contributed by atoms with E-state index in [0.29, 0.717) is 34.3 Å². The van der Waals surface area contributed by atoms with Crippen molar-refractivity contribution in [3.05, 3.63) is 102 Å². The lowest BCUT2D eigenvalue weighted by Crippen LogP contribution is -2.56. The quantitative estimate of drug-likeness (QED) is 0.168. The van der Waals surface area contributed by atoms with Gasteiger partial charge in [-0.05, 0) is 60.5 Å². The van der Waals surface area contributed by atoms with Crippen molar-refractivity contribution in [1.29, 1.82) is 0 Å². The Kier molecular flexibility index (Phi) is 8.49. The predicted molar refractivity (Wildman–Crippen MR) is 173 cm³/mol. The first-order valence-electron chi connectivity index (χ1n) is 15.0. The molecule has 0 unspecified atom stereocenters. The van der Waals surface area contributed by atoms with Crippen molar-refractivity contribution in [3.8, 4) is 22.5 Å². The summed E-state index contributed by atoms with van der Waals surface area (Å²) >= 11 is 0. The second-order valence-electron chi connectivity index (χ2n) is 11.4. The maximum absolute atomic E-state index is 14.1. The van der Waals surface area contributed by atoms with Crippen LogP contribution in [-0.2, 0) is 15.6 Å². The van der Waals surface area contributed by atoms with Gasteiger partial charge in [0, 0.05) is 60.4 Å². The van der Waals surface area contributed by atoms with Gasteiger partial charge in [-0.1, -0.05) is 19.1 Å². The summed E-state index contributed by atoms with van der Waals surface area (Å²) in [4.78, 5) is 35.3. The summed E-state index contributed by atoms with van der Waals surface area (Å²) in [7, 11) is -2.32. The lowest BCUT2D eigenvalue weighted by atomic mass is 9.74. The first kappa shape index (κ1) is 31.8. The molecule has 1 aliphatic rings. The van der Waals surface area contributed by atoms with Crippen molar-refractivity contribution in [2.24, 2.45) is 0 Å². The number of carbonyl (C=O) groups excluding carboxylic acids is 2. The highest BCUT2D eigenvalue weighted by Gasteiger charge is 2.49. The van der Waals surface area contributed by atoms with Crippen molar-refractivity contribution in [2.45, 2.75) is 37.9 Å². The van der Waals surface area contributed by atoms with Crippen LogP contribution in [0.1, 0.15) is 52.7 Å². The van der Waals surface area contributed by atoms with Crippen LogP contribution in [-0.4, -0.2) is 49.2 Å². The number of carbonyl (C=O) groups is 2. The highest BCUT2D eigenvalue weighted by atomic mass is 32.2. The lowest BCUT2D eigenvalue weighted by molar-refractivity contribution is 0.0481. The van der Waals surface area contributed by atoms with Crippen molar-refractivity contribution in [1.82, 2.24) is 20.6 Å². The fourth-order valence-electron chi connectivity index (χ4n) is 5.81. The average molecular weight is 660 g/mol. The summed E-state index contributed by atoms with van der Waals surface area (Å²) < 4.78 is 62.6. The van der Waals surface area contributed by atoms with Gasteiger partial charge in [0.15, 0.2) is 5.82 Å². The summed E-state index contributed by atoms with van der Waals surface area (Å²) in [5.74, 6) is -1.08. The maximum atomic E-state index is 14.1. The summed E-state index contributed by atoms with van der Waals surface area (Å²) in [6.45, 7) is 1.74. The molecule has 2 heterocycles. The van der Waals surface area contributed by atoms with Gasteiger partial charge in [0.2, 0.25) is 10.0 Å². The SMILES string of the molecule is CCCS(=O)(=O)Nc1cc2oc(-c3ccc(F)cc3)c(C(=O)NC)c2cc1-c1cccc(C(=O)NC2(c3ncccn3)CC(F)C2)c1. The zero-order chi connectivity index (χ0) is 33.3. The van der Waals surface area contributed by atoms with E-state index < -0.39 is 39.4 Å². The molecule has 2 amide bonds. The lowest BCUT2D eigenvalue weighted by Gasteiger charge is -2.43. The van der Waals surface area contributed by atoms with E-state index in [4.69, 9.17) is 4.42 Å². The molecule has 47 heavy (non-hydrogen) atoms. The normalized spacial score (nSPS) is 17.6. The summed E-state index contributed by atoms with van der Waals surface area (Å²) in [5, 5.41) is 5.90.